The average Bonchev–Trinajstić information content (AvgIpc) is 2.78. The highest BCUT2D eigenvalue weighted by Gasteiger charge is 2.20. The van der Waals surface area contributed by atoms with Gasteiger partial charge in [0.25, 0.3) is 5.91 Å². The Hall–Kier alpha value is -4.05. The molecule has 3 heterocycles. The normalized spacial score (nSPS) is 13.6. The Morgan fingerprint density at radius 1 is 1.23 bits per heavy atom. The van der Waals surface area contributed by atoms with Crippen molar-refractivity contribution in [1.29, 1.82) is 0 Å². The Labute approximate surface area is 177 Å². The van der Waals surface area contributed by atoms with Crippen LogP contribution in [0.1, 0.15) is 38.0 Å². The molecule has 1 amide bonds. The zero-order valence-corrected chi connectivity index (χ0v) is 16.4. The molecule has 1 aliphatic rings. The minimum Gasteiger partial charge on any atom is -0.477 e. The first-order valence-electron chi connectivity index (χ1n) is 9.62. The van der Waals surface area contributed by atoms with Crippen molar-refractivity contribution in [2.24, 2.45) is 0 Å². The van der Waals surface area contributed by atoms with Crippen LogP contribution in [0.2, 0.25) is 0 Å². The van der Waals surface area contributed by atoms with Gasteiger partial charge in [-0.1, -0.05) is 6.07 Å². The minimum absolute atomic E-state index is 0.0482. The average molecular weight is 420 g/mol. The molecule has 5 N–H and O–H groups in total. The Kier molecular flexibility index (Phi) is 5.72. The number of pyridine rings is 1. The second-order valence-electron chi connectivity index (χ2n) is 6.90. The number of aliphatic hydroxyl groups excluding tert-OH is 1. The van der Waals surface area contributed by atoms with Gasteiger partial charge in [-0.3, -0.25) is 9.78 Å². The van der Waals surface area contributed by atoms with E-state index < -0.39 is 12.0 Å². The van der Waals surface area contributed by atoms with Gasteiger partial charge in [0.05, 0.1) is 18.3 Å². The number of carboxylic acids is 1. The van der Waals surface area contributed by atoms with E-state index >= 15 is 0 Å². The smallest absolute Gasteiger partial charge is 0.341 e. The number of nitrogens with zero attached hydrogens (tertiary/aromatic N) is 3. The molecule has 0 fully saturated rings. The predicted octanol–water partition coefficient (Wildman–Crippen LogP) is 1.74. The molecule has 10 heteroatoms. The maximum Gasteiger partial charge on any atom is 0.341 e. The number of hydrogen-bond acceptors (Lipinski definition) is 8. The monoisotopic (exact) mass is 420 g/mol. The molecule has 2 aromatic heterocycles. The molecular weight excluding hydrogens is 400 g/mol. The van der Waals surface area contributed by atoms with Crippen molar-refractivity contribution in [2.45, 2.75) is 12.5 Å². The number of rotatable bonds is 7. The highest BCUT2D eigenvalue weighted by Crippen LogP contribution is 2.24. The zero-order valence-electron chi connectivity index (χ0n) is 16.4. The SMILES string of the molecule is O=C1NCCc2cc(Nc3ncc(C(=O)O)c(NC(CO)c4ccccn4)n3)ccc21. The Morgan fingerprint density at radius 3 is 2.84 bits per heavy atom. The van der Waals surface area contributed by atoms with Gasteiger partial charge in [0, 0.05) is 30.2 Å². The van der Waals surface area contributed by atoms with Crippen LogP contribution >= 0.6 is 0 Å². The summed E-state index contributed by atoms with van der Waals surface area (Å²) >= 11 is 0. The van der Waals surface area contributed by atoms with Gasteiger partial charge in [-0.15, -0.1) is 0 Å². The number of carbonyl (C=O) groups is 2. The molecule has 1 unspecified atom stereocenters. The van der Waals surface area contributed by atoms with Crippen molar-refractivity contribution < 1.29 is 19.8 Å². The van der Waals surface area contributed by atoms with Gasteiger partial charge in [-0.2, -0.15) is 4.98 Å². The standard InChI is InChI=1S/C21H20N6O4/c28-11-17(16-3-1-2-7-22-16)26-18-15(20(30)31)10-24-21(27-18)25-13-4-5-14-12(9-13)6-8-23-19(14)29/h1-5,7,9-10,17,28H,6,8,11H2,(H,23,29)(H,30,31)(H2,24,25,26,27). The second-order valence-corrected chi connectivity index (χ2v) is 6.90. The van der Waals surface area contributed by atoms with Crippen LogP contribution in [0.15, 0.2) is 48.8 Å². The molecule has 0 aliphatic carbocycles. The van der Waals surface area contributed by atoms with Crippen LogP contribution in [0.25, 0.3) is 0 Å². The molecule has 31 heavy (non-hydrogen) atoms. The van der Waals surface area contributed by atoms with Gasteiger partial charge in [0.2, 0.25) is 5.95 Å². The number of benzene rings is 1. The molecule has 10 nitrogen and oxygen atoms in total. The number of amides is 1. The molecule has 0 saturated carbocycles. The summed E-state index contributed by atoms with van der Waals surface area (Å²) in [5.41, 5.74) is 2.61. The topological polar surface area (TPSA) is 149 Å². The quantitative estimate of drug-likeness (QED) is 0.385. The van der Waals surface area contributed by atoms with Crippen LogP contribution in [0.5, 0.6) is 0 Å². The number of fused-ring (bicyclic) bond motifs is 1. The molecule has 4 rings (SSSR count). The van der Waals surface area contributed by atoms with E-state index in [1.54, 1.807) is 36.5 Å². The van der Waals surface area contributed by atoms with Crippen LogP contribution in [0, 0.1) is 0 Å². The summed E-state index contributed by atoms with van der Waals surface area (Å²) in [4.78, 5) is 36.1. The van der Waals surface area contributed by atoms with Gasteiger partial charge in [0.1, 0.15) is 11.4 Å². The summed E-state index contributed by atoms with van der Waals surface area (Å²) in [7, 11) is 0. The number of aliphatic hydroxyl groups is 1. The summed E-state index contributed by atoms with van der Waals surface area (Å²) in [6, 6.07) is 9.89. The van der Waals surface area contributed by atoms with Crippen LogP contribution in [0.3, 0.4) is 0 Å². The lowest BCUT2D eigenvalue weighted by molar-refractivity contribution is 0.0696. The Balaban J connectivity index is 1.61. The summed E-state index contributed by atoms with van der Waals surface area (Å²) in [5, 5.41) is 28.0. The highest BCUT2D eigenvalue weighted by molar-refractivity contribution is 5.97. The first-order valence-corrected chi connectivity index (χ1v) is 9.62. The van der Waals surface area contributed by atoms with Crippen LogP contribution in [0.4, 0.5) is 17.5 Å². The molecule has 0 saturated heterocycles. The van der Waals surface area contributed by atoms with Crippen molar-refractivity contribution in [3.63, 3.8) is 0 Å². The van der Waals surface area contributed by atoms with Crippen molar-refractivity contribution >= 4 is 29.3 Å². The van der Waals surface area contributed by atoms with Gasteiger partial charge >= 0.3 is 5.97 Å². The van der Waals surface area contributed by atoms with Gasteiger partial charge < -0.3 is 26.2 Å². The number of carboxylic acid groups (broad SMARTS) is 1. The third kappa shape index (κ3) is 4.43. The van der Waals surface area contributed by atoms with E-state index in [0.29, 0.717) is 29.9 Å². The van der Waals surface area contributed by atoms with E-state index in [9.17, 15) is 19.8 Å². The number of aromatic carboxylic acids is 1. The van der Waals surface area contributed by atoms with E-state index in [2.05, 4.69) is 30.9 Å². The third-order valence-corrected chi connectivity index (χ3v) is 4.84. The van der Waals surface area contributed by atoms with Crippen LogP contribution in [-0.2, 0) is 6.42 Å². The number of aromatic nitrogens is 3. The second kappa shape index (κ2) is 8.76. The van der Waals surface area contributed by atoms with Crippen molar-refractivity contribution in [3.05, 3.63) is 71.2 Å². The molecule has 1 aliphatic heterocycles. The highest BCUT2D eigenvalue weighted by atomic mass is 16.4. The summed E-state index contributed by atoms with van der Waals surface area (Å²) < 4.78 is 0. The van der Waals surface area contributed by atoms with Crippen molar-refractivity contribution in [3.8, 4) is 0 Å². The molecular formula is C21H20N6O4. The minimum atomic E-state index is -1.20. The van der Waals surface area contributed by atoms with E-state index in [4.69, 9.17) is 0 Å². The van der Waals surface area contributed by atoms with Gasteiger partial charge in [-0.25, -0.2) is 9.78 Å². The molecule has 158 valence electrons. The fourth-order valence-electron chi connectivity index (χ4n) is 3.30. The number of hydrogen-bond donors (Lipinski definition) is 5. The molecule has 1 aromatic carbocycles. The zero-order chi connectivity index (χ0) is 21.8. The van der Waals surface area contributed by atoms with E-state index in [0.717, 1.165) is 5.56 Å². The predicted molar refractivity (Wildman–Crippen MR) is 112 cm³/mol. The molecule has 0 spiro atoms. The first-order chi connectivity index (χ1) is 15.0. The third-order valence-electron chi connectivity index (χ3n) is 4.84. The lowest BCUT2D eigenvalue weighted by atomic mass is 10.00. The number of nitrogens with one attached hydrogen (secondary N) is 3. The summed E-state index contributed by atoms with van der Waals surface area (Å²) in [6.45, 7) is 0.263. The van der Waals surface area contributed by atoms with Crippen LogP contribution < -0.4 is 16.0 Å². The molecule has 3 aromatic rings. The Bertz CT molecular complexity index is 1120. The van der Waals surface area contributed by atoms with E-state index in [-0.39, 0.29) is 29.8 Å². The number of carbonyl (C=O) groups excluding carboxylic acids is 1. The Morgan fingerprint density at radius 2 is 2.10 bits per heavy atom. The number of anilines is 3. The maximum atomic E-state index is 11.9. The maximum absolute atomic E-state index is 11.9. The largest absolute Gasteiger partial charge is 0.477 e. The summed E-state index contributed by atoms with van der Waals surface area (Å²) in [5.74, 6) is -1.09. The van der Waals surface area contributed by atoms with Crippen LogP contribution in [-0.4, -0.2) is 50.2 Å². The van der Waals surface area contributed by atoms with E-state index in [1.165, 1.54) is 6.20 Å². The first kappa shape index (κ1) is 20.2. The summed E-state index contributed by atoms with van der Waals surface area (Å²) in [6.07, 6.45) is 3.49. The van der Waals surface area contributed by atoms with Gasteiger partial charge in [0.15, 0.2) is 0 Å². The lowest BCUT2D eigenvalue weighted by Crippen LogP contribution is -2.31. The molecule has 0 radical (unpaired) electrons. The molecule has 0 bridgehead atoms. The van der Waals surface area contributed by atoms with E-state index in [1.807, 2.05) is 6.07 Å². The fourth-order valence-corrected chi connectivity index (χ4v) is 3.30. The molecule has 1 atom stereocenters. The van der Waals surface area contributed by atoms with Crippen molar-refractivity contribution in [2.75, 3.05) is 23.8 Å². The fraction of sp³-hybridized carbons (Fsp3) is 0.190. The van der Waals surface area contributed by atoms with Gasteiger partial charge in [-0.05, 0) is 42.3 Å². The lowest BCUT2D eigenvalue weighted by Gasteiger charge is -2.19. The van der Waals surface area contributed by atoms with Crippen molar-refractivity contribution in [1.82, 2.24) is 20.3 Å².